The lowest BCUT2D eigenvalue weighted by atomic mass is 10.1. The highest BCUT2D eigenvalue weighted by atomic mass is 32.2. The molecule has 0 aromatic heterocycles. The Bertz CT molecular complexity index is 1270. The minimum atomic E-state index is -3.97. The van der Waals surface area contributed by atoms with Gasteiger partial charge in [-0.1, -0.05) is 24.3 Å². The zero-order valence-corrected chi connectivity index (χ0v) is 19.4. The second-order valence-corrected chi connectivity index (χ2v) is 9.79. The summed E-state index contributed by atoms with van der Waals surface area (Å²) in [6.07, 6.45) is 0. The smallest absolute Gasteiger partial charge is 0.261 e. The van der Waals surface area contributed by atoms with E-state index in [9.17, 15) is 17.6 Å². The minimum absolute atomic E-state index is 0.0757. The number of halogens is 1. The van der Waals surface area contributed by atoms with Gasteiger partial charge in [-0.3, -0.25) is 9.52 Å². The Kier molecular flexibility index (Phi) is 6.37. The highest BCUT2D eigenvalue weighted by Crippen LogP contribution is 2.26. The van der Waals surface area contributed by atoms with E-state index in [1.54, 1.807) is 29.2 Å². The highest BCUT2D eigenvalue weighted by Gasteiger charge is 2.26. The van der Waals surface area contributed by atoms with Gasteiger partial charge in [-0.15, -0.1) is 0 Å². The fourth-order valence-corrected chi connectivity index (χ4v) is 5.05. The standard InChI is InChI=1S/C25H26FN3O3S/c1-18-6-5-9-24(19(18)2)28-14-16-29(17-15-28)25(30)22-7-3-4-8-23(22)27-33(31,32)21-12-10-20(26)11-13-21/h3-13,27H,14-17H2,1-2H3. The Hall–Kier alpha value is -3.39. The summed E-state index contributed by atoms with van der Waals surface area (Å²) >= 11 is 0. The monoisotopic (exact) mass is 467 g/mol. The molecule has 4 rings (SSSR count). The third-order valence-electron chi connectivity index (χ3n) is 6.01. The van der Waals surface area contributed by atoms with Crippen molar-refractivity contribution in [2.24, 2.45) is 0 Å². The Labute approximate surface area is 193 Å². The average Bonchev–Trinajstić information content (AvgIpc) is 2.81. The molecule has 1 fully saturated rings. The third-order valence-corrected chi connectivity index (χ3v) is 7.39. The molecule has 1 heterocycles. The molecule has 172 valence electrons. The average molecular weight is 468 g/mol. The zero-order valence-electron chi connectivity index (χ0n) is 18.6. The van der Waals surface area contributed by atoms with Crippen LogP contribution in [0.1, 0.15) is 21.5 Å². The first kappa shape index (κ1) is 22.8. The molecule has 1 saturated heterocycles. The predicted molar refractivity (Wildman–Crippen MR) is 128 cm³/mol. The van der Waals surface area contributed by atoms with Gasteiger partial charge < -0.3 is 9.80 Å². The summed E-state index contributed by atoms with van der Waals surface area (Å²) in [6.45, 7) is 6.64. The minimum Gasteiger partial charge on any atom is -0.368 e. The maximum Gasteiger partial charge on any atom is 0.261 e. The van der Waals surface area contributed by atoms with E-state index in [0.29, 0.717) is 26.2 Å². The molecule has 0 atom stereocenters. The van der Waals surface area contributed by atoms with E-state index >= 15 is 0 Å². The number of aryl methyl sites for hydroxylation is 1. The molecule has 1 aliphatic rings. The van der Waals surface area contributed by atoms with Gasteiger partial charge in [0.2, 0.25) is 0 Å². The van der Waals surface area contributed by atoms with Crippen molar-refractivity contribution >= 4 is 27.3 Å². The molecule has 6 nitrogen and oxygen atoms in total. The molecule has 1 N–H and O–H groups in total. The van der Waals surface area contributed by atoms with Gasteiger partial charge in [0.15, 0.2) is 0 Å². The number of rotatable bonds is 5. The van der Waals surface area contributed by atoms with Crippen LogP contribution in [0.3, 0.4) is 0 Å². The van der Waals surface area contributed by atoms with Crippen molar-refractivity contribution in [1.29, 1.82) is 0 Å². The summed E-state index contributed by atoms with van der Waals surface area (Å²) < 4.78 is 41.2. The normalized spacial score (nSPS) is 14.3. The molecule has 0 radical (unpaired) electrons. The maximum atomic E-state index is 13.3. The largest absolute Gasteiger partial charge is 0.368 e. The van der Waals surface area contributed by atoms with Crippen molar-refractivity contribution in [2.45, 2.75) is 18.7 Å². The van der Waals surface area contributed by atoms with E-state index in [1.807, 2.05) is 6.07 Å². The number of amides is 1. The molecule has 8 heteroatoms. The Morgan fingerprint density at radius 1 is 0.879 bits per heavy atom. The summed E-state index contributed by atoms with van der Waals surface area (Å²) in [5.41, 5.74) is 4.12. The number of piperazine rings is 1. The Morgan fingerprint density at radius 2 is 1.55 bits per heavy atom. The second-order valence-electron chi connectivity index (χ2n) is 8.10. The van der Waals surface area contributed by atoms with E-state index in [2.05, 4.69) is 35.6 Å². The molecule has 0 bridgehead atoms. The molecule has 1 amide bonds. The van der Waals surface area contributed by atoms with Gasteiger partial charge in [0.25, 0.3) is 15.9 Å². The van der Waals surface area contributed by atoms with Gasteiger partial charge in [-0.25, -0.2) is 12.8 Å². The zero-order chi connectivity index (χ0) is 23.6. The third kappa shape index (κ3) is 4.85. The molecular weight excluding hydrogens is 441 g/mol. The van der Waals surface area contributed by atoms with Gasteiger partial charge in [0, 0.05) is 31.9 Å². The number of carbonyl (C=O) groups is 1. The Morgan fingerprint density at radius 3 is 2.24 bits per heavy atom. The fourth-order valence-electron chi connectivity index (χ4n) is 3.98. The number of nitrogens with one attached hydrogen (secondary N) is 1. The van der Waals surface area contributed by atoms with Crippen LogP contribution in [0.15, 0.2) is 71.6 Å². The van der Waals surface area contributed by atoms with Crippen LogP contribution in [-0.4, -0.2) is 45.4 Å². The molecule has 33 heavy (non-hydrogen) atoms. The van der Waals surface area contributed by atoms with Gasteiger partial charge in [-0.2, -0.15) is 0 Å². The van der Waals surface area contributed by atoms with Crippen LogP contribution < -0.4 is 9.62 Å². The number of benzene rings is 3. The molecule has 0 spiro atoms. The first-order valence-corrected chi connectivity index (χ1v) is 12.2. The van der Waals surface area contributed by atoms with Crippen molar-refractivity contribution in [1.82, 2.24) is 4.90 Å². The first-order valence-electron chi connectivity index (χ1n) is 10.7. The van der Waals surface area contributed by atoms with E-state index in [-0.39, 0.29) is 22.1 Å². The molecule has 1 aliphatic heterocycles. The molecule has 3 aromatic rings. The van der Waals surface area contributed by atoms with Crippen LogP contribution in [-0.2, 0) is 10.0 Å². The summed E-state index contributed by atoms with van der Waals surface area (Å²) in [4.78, 5) is 17.2. The first-order chi connectivity index (χ1) is 15.8. The number of hydrogen-bond acceptors (Lipinski definition) is 4. The van der Waals surface area contributed by atoms with Gasteiger partial charge >= 0.3 is 0 Å². The van der Waals surface area contributed by atoms with E-state index in [1.165, 1.54) is 28.9 Å². The van der Waals surface area contributed by atoms with E-state index in [0.717, 1.165) is 12.1 Å². The van der Waals surface area contributed by atoms with Crippen LogP contribution >= 0.6 is 0 Å². The van der Waals surface area contributed by atoms with Gasteiger partial charge in [-0.05, 0) is 67.4 Å². The van der Waals surface area contributed by atoms with Crippen LogP contribution in [0.4, 0.5) is 15.8 Å². The molecule has 0 saturated carbocycles. The summed E-state index contributed by atoms with van der Waals surface area (Å²) in [5, 5.41) is 0. The SMILES string of the molecule is Cc1cccc(N2CCN(C(=O)c3ccccc3NS(=O)(=O)c3ccc(F)cc3)CC2)c1C. The topological polar surface area (TPSA) is 69.7 Å². The number of carbonyl (C=O) groups excluding carboxylic acids is 1. The number of anilines is 2. The van der Waals surface area contributed by atoms with Crippen molar-refractivity contribution < 1.29 is 17.6 Å². The lowest BCUT2D eigenvalue weighted by molar-refractivity contribution is 0.0748. The van der Waals surface area contributed by atoms with E-state index in [4.69, 9.17) is 0 Å². The number of sulfonamides is 1. The van der Waals surface area contributed by atoms with Crippen LogP contribution in [0.5, 0.6) is 0 Å². The van der Waals surface area contributed by atoms with Crippen LogP contribution in [0, 0.1) is 19.7 Å². The van der Waals surface area contributed by atoms with Gasteiger partial charge in [0.05, 0.1) is 16.1 Å². The Balaban J connectivity index is 1.50. The van der Waals surface area contributed by atoms with E-state index < -0.39 is 15.8 Å². The lowest BCUT2D eigenvalue weighted by Crippen LogP contribution is -2.49. The predicted octanol–water partition coefficient (Wildman–Crippen LogP) is 4.21. The highest BCUT2D eigenvalue weighted by molar-refractivity contribution is 7.92. The summed E-state index contributed by atoms with van der Waals surface area (Å²) in [6, 6.07) is 17.3. The number of nitrogens with zero attached hydrogens (tertiary/aromatic N) is 2. The fraction of sp³-hybridized carbons (Fsp3) is 0.240. The second kappa shape index (κ2) is 9.23. The number of para-hydroxylation sites is 1. The number of hydrogen-bond donors (Lipinski definition) is 1. The summed E-state index contributed by atoms with van der Waals surface area (Å²) in [7, 11) is -3.97. The molecule has 0 unspecified atom stereocenters. The van der Waals surface area contributed by atoms with Crippen molar-refractivity contribution in [3.63, 3.8) is 0 Å². The quantitative estimate of drug-likeness (QED) is 0.611. The van der Waals surface area contributed by atoms with Crippen molar-refractivity contribution in [2.75, 3.05) is 35.8 Å². The van der Waals surface area contributed by atoms with Crippen LogP contribution in [0.25, 0.3) is 0 Å². The molecule has 3 aromatic carbocycles. The van der Waals surface area contributed by atoms with Crippen molar-refractivity contribution in [3.8, 4) is 0 Å². The maximum absolute atomic E-state index is 13.3. The summed E-state index contributed by atoms with van der Waals surface area (Å²) in [5.74, 6) is -0.752. The van der Waals surface area contributed by atoms with Crippen LogP contribution in [0.2, 0.25) is 0 Å². The molecule has 0 aliphatic carbocycles. The van der Waals surface area contributed by atoms with Gasteiger partial charge in [0.1, 0.15) is 5.82 Å². The lowest BCUT2D eigenvalue weighted by Gasteiger charge is -2.37. The van der Waals surface area contributed by atoms with Crippen molar-refractivity contribution in [3.05, 3.63) is 89.2 Å². The molecular formula is C25H26FN3O3S.